The molecule has 5 heteroatoms. The van der Waals surface area contributed by atoms with E-state index in [-0.39, 0.29) is 5.97 Å². The molecule has 0 aliphatic heterocycles. The van der Waals surface area contributed by atoms with Gasteiger partial charge in [-0.15, -0.1) is 0 Å². The SMILES string of the molecule is CCn1ncnc1-c1ccc(C(=O)OC)cc1. The van der Waals surface area contributed by atoms with Crippen molar-refractivity contribution in [1.82, 2.24) is 14.8 Å². The van der Waals surface area contributed by atoms with Crippen LogP contribution in [0, 0.1) is 0 Å². The monoisotopic (exact) mass is 231 g/mol. The summed E-state index contributed by atoms with van der Waals surface area (Å²) < 4.78 is 6.44. The minimum atomic E-state index is -0.339. The molecule has 0 bridgehead atoms. The molecule has 0 N–H and O–H groups in total. The maximum atomic E-state index is 11.3. The number of carbonyl (C=O) groups is 1. The normalized spacial score (nSPS) is 10.2. The highest BCUT2D eigenvalue weighted by atomic mass is 16.5. The van der Waals surface area contributed by atoms with Gasteiger partial charge in [-0.05, 0) is 19.1 Å². The van der Waals surface area contributed by atoms with Gasteiger partial charge in [-0.1, -0.05) is 12.1 Å². The molecule has 0 saturated heterocycles. The van der Waals surface area contributed by atoms with Crippen LogP contribution in [0.25, 0.3) is 11.4 Å². The van der Waals surface area contributed by atoms with E-state index in [1.165, 1.54) is 13.4 Å². The van der Waals surface area contributed by atoms with Crippen molar-refractivity contribution in [1.29, 1.82) is 0 Å². The highest BCUT2D eigenvalue weighted by molar-refractivity contribution is 5.89. The van der Waals surface area contributed by atoms with Gasteiger partial charge >= 0.3 is 5.97 Å². The second-order valence-corrected chi connectivity index (χ2v) is 3.47. The summed E-state index contributed by atoms with van der Waals surface area (Å²) in [6, 6.07) is 7.11. The predicted molar refractivity (Wildman–Crippen MR) is 62.5 cm³/mol. The lowest BCUT2D eigenvalue weighted by molar-refractivity contribution is 0.0601. The number of hydrogen-bond donors (Lipinski definition) is 0. The second-order valence-electron chi connectivity index (χ2n) is 3.47. The molecule has 0 spiro atoms. The van der Waals surface area contributed by atoms with Crippen LogP contribution >= 0.6 is 0 Å². The molecule has 5 nitrogen and oxygen atoms in total. The van der Waals surface area contributed by atoms with E-state index < -0.39 is 0 Å². The number of benzene rings is 1. The smallest absolute Gasteiger partial charge is 0.337 e. The summed E-state index contributed by atoms with van der Waals surface area (Å²) in [7, 11) is 1.37. The first kappa shape index (κ1) is 11.3. The van der Waals surface area contributed by atoms with Crippen molar-refractivity contribution in [2.45, 2.75) is 13.5 Å². The zero-order valence-electron chi connectivity index (χ0n) is 9.75. The van der Waals surface area contributed by atoms with Gasteiger partial charge in [0.05, 0.1) is 12.7 Å². The lowest BCUT2D eigenvalue weighted by atomic mass is 10.1. The molecule has 0 unspecified atom stereocenters. The number of rotatable bonds is 3. The van der Waals surface area contributed by atoms with Crippen LogP contribution in [-0.4, -0.2) is 27.8 Å². The largest absolute Gasteiger partial charge is 0.465 e. The standard InChI is InChI=1S/C12H13N3O2/c1-3-15-11(13-8-14-15)9-4-6-10(7-5-9)12(16)17-2/h4-8H,3H2,1-2H3. The summed E-state index contributed by atoms with van der Waals surface area (Å²) >= 11 is 0. The fraction of sp³-hybridized carbons (Fsp3) is 0.250. The minimum absolute atomic E-state index is 0.339. The topological polar surface area (TPSA) is 57.0 Å². The molecule has 17 heavy (non-hydrogen) atoms. The van der Waals surface area contributed by atoms with Gasteiger partial charge in [0.15, 0.2) is 5.82 Å². The van der Waals surface area contributed by atoms with E-state index in [9.17, 15) is 4.79 Å². The number of esters is 1. The first-order chi connectivity index (χ1) is 8.26. The van der Waals surface area contributed by atoms with Crippen molar-refractivity contribution < 1.29 is 9.53 Å². The van der Waals surface area contributed by atoms with Crippen LogP contribution in [0.5, 0.6) is 0 Å². The molecule has 1 heterocycles. The number of aryl methyl sites for hydroxylation is 1. The Labute approximate surface area is 99.1 Å². The average Bonchev–Trinajstić information content (AvgIpc) is 2.86. The van der Waals surface area contributed by atoms with E-state index in [4.69, 9.17) is 0 Å². The Morgan fingerprint density at radius 2 is 2.06 bits per heavy atom. The number of ether oxygens (including phenoxy) is 1. The summed E-state index contributed by atoms with van der Waals surface area (Å²) in [6.45, 7) is 2.76. The van der Waals surface area contributed by atoms with Crippen molar-refractivity contribution in [3.63, 3.8) is 0 Å². The van der Waals surface area contributed by atoms with E-state index in [1.807, 2.05) is 19.1 Å². The highest BCUT2D eigenvalue weighted by Gasteiger charge is 2.08. The van der Waals surface area contributed by atoms with Crippen molar-refractivity contribution in [3.05, 3.63) is 36.2 Å². The van der Waals surface area contributed by atoms with Gasteiger partial charge in [0.25, 0.3) is 0 Å². The molecule has 1 aromatic carbocycles. The molecule has 1 aromatic heterocycles. The molecular weight excluding hydrogens is 218 g/mol. The molecular formula is C12H13N3O2. The minimum Gasteiger partial charge on any atom is -0.465 e. The van der Waals surface area contributed by atoms with E-state index >= 15 is 0 Å². The van der Waals surface area contributed by atoms with Gasteiger partial charge in [-0.2, -0.15) is 5.10 Å². The molecule has 0 fully saturated rings. The predicted octanol–water partition coefficient (Wildman–Crippen LogP) is 1.75. The fourth-order valence-electron chi connectivity index (χ4n) is 1.59. The summed E-state index contributed by atoms with van der Waals surface area (Å²) in [4.78, 5) is 15.5. The second kappa shape index (κ2) is 4.78. The Morgan fingerprint density at radius 3 is 2.65 bits per heavy atom. The van der Waals surface area contributed by atoms with Crippen LogP contribution in [0.2, 0.25) is 0 Å². The fourth-order valence-corrected chi connectivity index (χ4v) is 1.59. The Bertz CT molecular complexity index is 517. The molecule has 0 aliphatic rings. The van der Waals surface area contributed by atoms with Gasteiger partial charge in [-0.25, -0.2) is 14.5 Å². The zero-order chi connectivity index (χ0) is 12.3. The number of methoxy groups -OCH3 is 1. The molecule has 88 valence electrons. The van der Waals surface area contributed by atoms with Crippen molar-refractivity contribution in [2.24, 2.45) is 0 Å². The molecule has 0 aliphatic carbocycles. The first-order valence-electron chi connectivity index (χ1n) is 5.32. The van der Waals surface area contributed by atoms with Gasteiger partial charge in [0.1, 0.15) is 6.33 Å². The highest BCUT2D eigenvalue weighted by Crippen LogP contribution is 2.17. The third-order valence-corrected chi connectivity index (χ3v) is 2.48. The van der Waals surface area contributed by atoms with Crippen molar-refractivity contribution in [3.8, 4) is 11.4 Å². The summed E-state index contributed by atoms with van der Waals surface area (Å²) in [5, 5.41) is 4.10. The van der Waals surface area contributed by atoms with Crippen LogP contribution in [0.15, 0.2) is 30.6 Å². The molecule has 0 saturated carbocycles. The Balaban J connectivity index is 2.32. The lowest BCUT2D eigenvalue weighted by Crippen LogP contribution is -2.02. The van der Waals surface area contributed by atoms with Gasteiger partial charge in [0.2, 0.25) is 0 Å². The van der Waals surface area contributed by atoms with E-state index in [0.717, 1.165) is 17.9 Å². The van der Waals surface area contributed by atoms with Crippen LogP contribution in [0.4, 0.5) is 0 Å². The van der Waals surface area contributed by atoms with Crippen molar-refractivity contribution >= 4 is 5.97 Å². The zero-order valence-corrected chi connectivity index (χ0v) is 9.75. The Morgan fingerprint density at radius 1 is 1.35 bits per heavy atom. The van der Waals surface area contributed by atoms with Gasteiger partial charge < -0.3 is 4.74 Å². The van der Waals surface area contributed by atoms with Crippen molar-refractivity contribution in [2.75, 3.05) is 7.11 Å². The maximum absolute atomic E-state index is 11.3. The molecule has 2 rings (SSSR count). The quantitative estimate of drug-likeness (QED) is 0.755. The number of aromatic nitrogens is 3. The lowest BCUT2D eigenvalue weighted by Gasteiger charge is -2.04. The van der Waals surface area contributed by atoms with Crippen LogP contribution < -0.4 is 0 Å². The average molecular weight is 231 g/mol. The molecule has 0 radical (unpaired) electrons. The molecule has 0 atom stereocenters. The number of hydrogen-bond acceptors (Lipinski definition) is 4. The van der Waals surface area contributed by atoms with Gasteiger partial charge in [-0.3, -0.25) is 0 Å². The Kier molecular flexibility index (Phi) is 3.18. The Hall–Kier alpha value is -2.17. The third kappa shape index (κ3) is 2.18. The van der Waals surface area contributed by atoms with E-state index in [1.54, 1.807) is 16.8 Å². The van der Waals surface area contributed by atoms with E-state index in [2.05, 4.69) is 14.8 Å². The van der Waals surface area contributed by atoms with Gasteiger partial charge in [0, 0.05) is 12.1 Å². The van der Waals surface area contributed by atoms with Crippen LogP contribution in [0.3, 0.4) is 0 Å². The first-order valence-corrected chi connectivity index (χ1v) is 5.32. The van der Waals surface area contributed by atoms with Crippen LogP contribution in [-0.2, 0) is 11.3 Å². The van der Waals surface area contributed by atoms with E-state index in [0.29, 0.717) is 5.56 Å². The summed E-state index contributed by atoms with van der Waals surface area (Å²) in [5.74, 6) is 0.456. The maximum Gasteiger partial charge on any atom is 0.337 e. The van der Waals surface area contributed by atoms with Crippen LogP contribution in [0.1, 0.15) is 17.3 Å². The third-order valence-electron chi connectivity index (χ3n) is 2.48. The molecule has 0 amide bonds. The summed E-state index contributed by atoms with van der Waals surface area (Å²) in [5.41, 5.74) is 1.45. The number of carbonyl (C=O) groups excluding carboxylic acids is 1. The summed E-state index contributed by atoms with van der Waals surface area (Å²) in [6.07, 6.45) is 1.52. The number of nitrogens with zero attached hydrogens (tertiary/aromatic N) is 3. The molecule has 2 aromatic rings.